The van der Waals surface area contributed by atoms with Crippen LogP contribution in [-0.2, 0) is 19.2 Å². The molecule has 2 atom stereocenters. The molecule has 10 nitrogen and oxygen atoms in total. The number of hydrogen-bond donors (Lipinski definition) is 6. The van der Waals surface area contributed by atoms with Crippen LogP contribution in [0.25, 0.3) is 0 Å². The van der Waals surface area contributed by atoms with Gasteiger partial charge in [0.2, 0.25) is 0 Å². The van der Waals surface area contributed by atoms with Gasteiger partial charge in [-0.2, -0.15) is 0 Å². The summed E-state index contributed by atoms with van der Waals surface area (Å²) in [6.45, 7) is -0.0404. The largest absolute Gasteiger partial charge is 2.00 e. The molecule has 0 aromatic rings. The van der Waals surface area contributed by atoms with E-state index in [2.05, 4.69) is 10.6 Å². The van der Waals surface area contributed by atoms with Crippen LogP contribution < -0.4 is 10.6 Å². The van der Waals surface area contributed by atoms with Crippen molar-refractivity contribution in [2.45, 2.75) is 24.9 Å². The van der Waals surface area contributed by atoms with Crippen molar-refractivity contribution in [2.75, 3.05) is 13.1 Å². The van der Waals surface area contributed by atoms with Crippen LogP contribution in [0, 0.1) is 0 Å². The average molecular weight is 317 g/mol. The van der Waals surface area contributed by atoms with Gasteiger partial charge in [-0.15, -0.1) is 0 Å². The van der Waals surface area contributed by atoms with Gasteiger partial charge in [-0.05, 0) is 0 Å². The minimum atomic E-state index is -1.34. The molecule has 0 saturated heterocycles. The number of carbonyl (C=O) groups is 4. The normalized spacial score (nSPS) is 12.8. The summed E-state index contributed by atoms with van der Waals surface area (Å²) in [4.78, 5) is 42.2. The molecule has 11 heteroatoms. The third-order valence-corrected chi connectivity index (χ3v) is 2.26. The first kappa shape index (κ1) is 21.9. The minimum absolute atomic E-state index is 0. The van der Waals surface area contributed by atoms with Gasteiger partial charge >= 0.3 is 46.9 Å². The third kappa shape index (κ3) is 11.0. The molecule has 0 heterocycles. The summed E-state index contributed by atoms with van der Waals surface area (Å²) < 4.78 is 0. The van der Waals surface area contributed by atoms with Gasteiger partial charge in [-0.25, -0.2) is 0 Å². The topological polar surface area (TPSA) is 173 Å². The fourth-order valence-corrected chi connectivity index (χ4v) is 1.34. The predicted molar refractivity (Wildman–Crippen MR) is 69.1 cm³/mol. The summed E-state index contributed by atoms with van der Waals surface area (Å²) in [5.41, 5.74) is 0. The van der Waals surface area contributed by atoms with Gasteiger partial charge in [0.15, 0.2) is 0 Å². The Morgan fingerprint density at radius 3 is 1.19 bits per heavy atom. The molecular weight excluding hydrogens is 300 g/mol. The molecular formula is C10H16MgN2O8+2. The van der Waals surface area contributed by atoms with Crippen molar-refractivity contribution in [1.82, 2.24) is 10.6 Å². The molecule has 114 valence electrons. The van der Waals surface area contributed by atoms with Crippen LogP contribution in [0.4, 0.5) is 0 Å². The summed E-state index contributed by atoms with van der Waals surface area (Å²) in [5, 5.41) is 39.2. The maximum atomic E-state index is 10.7. The van der Waals surface area contributed by atoms with Crippen molar-refractivity contribution in [2.24, 2.45) is 0 Å². The van der Waals surface area contributed by atoms with E-state index >= 15 is 0 Å². The zero-order valence-electron chi connectivity index (χ0n) is 11.1. The predicted octanol–water partition coefficient (Wildman–Crippen LogP) is -2.36. The van der Waals surface area contributed by atoms with E-state index in [0.717, 1.165) is 0 Å². The first-order valence-corrected chi connectivity index (χ1v) is 5.60. The Labute approximate surface area is 135 Å². The molecule has 0 aromatic carbocycles. The van der Waals surface area contributed by atoms with Crippen molar-refractivity contribution in [3.05, 3.63) is 0 Å². The smallest absolute Gasteiger partial charge is 0.481 e. The van der Waals surface area contributed by atoms with Crippen molar-refractivity contribution in [1.29, 1.82) is 0 Å². The molecule has 0 aliphatic rings. The van der Waals surface area contributed by atoms with E-state index in [1.54, 1.807) is 0 Å². The molecule has 21 heavy (non-hydrogen) atoms. The molecule has 0 radical (unpaired) electrons. The molecule has 0 amide bonds. The number of aliphatic carboxylic acids is 4. The van der Waals surface area contributed by atoms with Gasteiger partial charge in [0.05, 0.1) is 12.8 Å². The van der Waals surface area contributed by atoms with E-state index < -0.39 is 48.8 Å². The van der Waals surface area contributed by atoms with Gasteiger partial charge in [-0.1, -0.05) is 0 Å². The van der Waals surface area contributed by atoms with E-state index in [0.29, 0.717) is 0 Å². The number of nitrogens with one attached hydrogen (secondary N) is 2. The van der Waals surface area contributed by atoms with Crippen LogP contribution in [-0.4, -0.2) is 92.5 Å². The first-order chi connectivity index (χ1) is 9.23. The standard InChI is InChI=1S/C10H16N2O8.Mg/c13-7(14)3-5(9(17)18)11-1-2-12-6(10(19)20)4-8(15)16;/h5-6,11-12H,1-4H2,(H,13,14)(H,15,16)(H,17,18)(H,19,20);/q;+2/t5-,6-;/m0./s1. The molecule has 0 spiro atoms. The molecule has 0 aromatic heterocycles. The quantitative estimate of drug-likeness (QED) is 0.179. The van der Waals surface area contributed by atoms with Gasteiger partial charge < -0.3 is 31.1 Å². The molecule has 0 unspecified atom stereocenters. The number of carboxylic acid groups (broad SMARTS) is 4. The van der Waals surface area contributed by atoms with E-state index in [4.69, 9.17) is 20.4 Å². The maximum absolute atomic E-state index is 10.7. The van der Waals surface area contributed by atoms with Crippen molar-refractivity contribution in [3.63, 3.8) is 0 Å². The summed E-state index contributed by atoms with van der Waals surface area (Å²) in [7, 11) is 0. The molecule has 6 N–H and O–H groups in total. The van der Waals surface area contributed by atoms with Gasteiger partial charge in [0.25, 0.3) is 0 Å². The van der Waals surface area contributed by atoms with E-state index in [1.807, 2.05) is 0 Å². The molecule has 0 aliphatic carbocycles. The zero-order valence-corrected chi connectivity index (χ0v) is 12.5. The van der Waals surface area contributed by atoms with Crippen LogP contribution in [0.3, 0.4) is 0 Å². The van der Waals surface area contributed by atoms with Gasteiger partial charge in [-0.3, -0.25) is 19.2 Å². The zero-order chi connectivity index (χ0) is 15.7. The SMILES string of the molecule is O=C(O)C[C@H](NCCN[C@@H](CC(=O)O)C(=O)O)C(=O)O.[Mg+2]. The summed E-state index contributed by atoms with van der Waals surface area (Å²) in [6.07, 6.45) is -1.24. The van der Waals surface area contributed by atoms with Crippen LogP contribution in [0.15, 0.2) is 0 Å². The van der Waals surface area contributed by atoms with Crippen LogP contribution in [0.5, 0.6) is 0 Å². The molecule has 0 saturated carbocycles. The Balaban J connectivity index is 0. The van der Waals surface area contributed by atoms with Gasteiger partial charge in [0.1, 0.15) is 12.1 Å². The average Bonchev–Trinajstić information content (AvgIpc) is 2.29. The molecule has 0 rings (SSSR count). The fourth-order valence-electron chi connectivity index (χ4n) is 1.34. The Morgan fingerprint density at radius 2 is 1.00 bits per heavy atom. The third-order valence-electron chi connectivity index (χ3n) is 2.26. The van der Waals surface area contributed by atoms with Crippen LogP contribution >= 0.6 is 0 Å². The summed E-state index contributed by atoms with van der Waals surface area (Å²) in [6, 6.07) is -2.59. The van der Waals surface area contributed by atoms with Crippen LogP contribution in [0.2, 0.25) is 0 Å². The Morgan fingerprint density at radius 1 is 0.714 bits per heavy atom. The first-order valence-electron chi connectivity index (χ1n) is 5.60. The molecule has 0 fully saturated rings. The Bertz CT molecular complexity index is 353. The van der Waals surface area contributed by atoms with Crippen molar-refractivity contribution < 1.29 is 39.6 Å². The Kier molecular flexibility index (Phi) is 11.7. The summed E-state index contributed by atoms with van der Waals surface area (Å²) in [5.74, 6) is -5.25. The van der Waals surface area contributed by atoms with Gasteiger partial charge in [0, 0.05) is 13.1 Å². The second-order valence-electron chi connectivity index (χ2n) is 3.89. The van der Waals surface area contributed by atoms with Crippen molar-refractivity contribution in [3.8, 4) is 0 Å². The van der Waals surface area contributed by atoms with E-state index in [-0.39, 0.29) is 36.1 Å². The maximum Gasteiger partial charge on any atom is 2.00 e. The minimum Gasteiger partial charge on any atom is -0.481 e. The number of hydrogen-bond acceptors (Lipinski definition) is 6. The van der Waals surface area contributed by atoms with E-state index in [1.165, 1.54) is 0 Å². The fraction of sp³-hybridized carbons (Fsp3) is 0.600. The molecule has 0 bridgehead atoms. The second kappa shape index (κ2) is 11.3. The number of carboxylic acids is 4. The van der Waals surface area contributed by atoms with E-state index in [9.17, 15) is 19.2 Å². The monoisotopic (exact) mass is 316 g/mol. The second-order valence-corrected chi connectivity index (χ2v) is 3.89. The molecule has 0 aliphatic heterocycles. The summed E-state index contributed by atoms with van der Waals surface area (Å²) >= 11 is 0. The van der Waals surface area contributed by atoms with Crippen LogP contribution in [0.1, 0.15) is 12.8 Å². The Hall–Kier alpha value is -1.43. The van der Waals surface area contributed by atoms with Crippen molar-refractivity contribution >= 4 is 46.9 Å². The number of rotatable bonds is 11.